The number of hydrogen-bond acceptors (Lipinski definition) is 10. The molecule has 3 aromatic carbocycles. The number of fused-ring (bicyclic) bond motifs is 2. The van der Waals surface area contributed by atoms with Crippen LogP contribution < -0.4 is 24.6 Å². The minimum Gasteiger partial charge on any atom is -0.493 e. The van der Waals surface area contributed by atoms with E-state index in [4.69, 9.17) is 9.47 Å². The Hall–Kier alpha value is -4.95. The van der Waals surface area contributed by atoms with E-state index in [1.54, 1.807) is 42.5 Å². The molecule has 14 heteroatoms. The number of nitro groups is 1. The number of benzene rings is 3. The van der Waals surface area contributed by atoms with Gasteiger partial charge in [-0.25, -0.2) is 4.90 Å². The topological polar surface area (TPSA) is 150 Å². The summed E-state index contributed by atoms with van der Waals surface area (Å²) in [6.07, 6.45) is 0. The number of ether oxygens (including phenoxy) is 2. The number of amides is 3. The first-order chi connectivity index (χ1) is 21.2. The summed E-state index contributed by atoms with van der Waals surface area (Å²) in [7, 11) is 2.98. The van der Waals surface area contributed by atoms with Gasteiger partial charge in [0.05, 0.1) is 35.8 Å². The van der Waals surface area contributed by atoms with Crippen LogP contribution in [0.4, 0.5) is 17.1 Å². The van der Waals surface area contributed by atoms with Gasteiger partial charge in [-0.1, -0.05) is 47.4 Å². The molecule has 3 unspecified atom stereocenters. The van der Waals surface area contributed by atoms with Crippen molar-refractivity contribution in [2.24, 2.45) is 5.92 Å². The fourth-order valence-corrected chi connectivity index (χ4v) is 8.28. The summed E-state index contributed by atoms with van der Waals surface area (Å²) >= 11 is 2.00. The van der Waals surface area contributed by atoms with E-state index in [9.17, 15) is 29.3 Å². The maximum atomic E-state index is 14.1. The van der Waals surface area contributed by atoms with Crippen LogP contribution in [0.1, 0.15) is 16.4 Å². The third kappa shape index (κ3) is 5.01. The second kappa shape index (κ2) is 11.6. The number of hydrogen-bond donors (Lipinski definition) is 1. The number of carbonyl (C=O) groups is 3. The number of anilines is 2. The standard InChI is InChI=1S/C30H24N4O8S2/c1-41-20-13-8-16(14-21(20)42-2)23-24-25(28(37)33(27(24)36)18-9-11-19(12-10-18)34(39)40)43-29-26(23)44-30(38)32(29)15-22(35)31-17-6-4-3-5-7-17/h3-14,23-25H,15H2,1-2H3,(H,31,35). The van der Waals surface area contributed by atoms with Crippen molar-refractivity contribution in [1.82, 2.24) is 4.57 Å². The molecule has 4 aromatic rings. The van der Waals surface area contributed by atoms with E-state index < -0.39 is 44.6 Å². The number of thioether (sulfide) groups is 1. The highest BCUT2D eigenvalue weighted by Gasteiger charge is 2.57. The number of nitrogens with one attached hydrogen (secondary N) is 1. The highest BCUT2D eigenvalue weighted by molar-refractivity contribution is 8.00. The lowest BCUT2D eigenvalue weighted by Gasteiger charge is -2.31. The SMILES string of the molecule is COc1ccc(C2c3sc(=O)n(CC(=O)Nc4ccccc4)c3SC3C(=O)N(c4ccc([N+](=O)[O-])cc4)C(=O)C32)cc1OC. The van der Waals surface area contributed by atoms with Gasteiger partial charge < -0.3 is 14.8 Å². The molecule has 0 spiro atoms. The molecule has 3 amide bonds. The van der Waals surface area contributed by atoms with Crippen LogP contribution in [0.3, 0.4) is 0 Å². The maximum absolute atomic E-state index is 14.1. The molecule has 1 fully saturated rings. The minimum atomic E-state index is -0.930. The maximum Gasteiger partial charge on any atom is 0.308 e. The molecule has 224 valence electrons. The van der Waals surface area contributed by atoms with Gasteiger partial charge in [-0.3, -0.25) is 33.9 Å². The van der Waals surface area contributed by atoms with Gasteiger partial charge in [0.15, 0.2) is 11.5 Å². The summed E-state index contributed by atoms with van der Waals surface area (Å²) < 4.78 is 12.2. The van der Waals surface area contributed by atoms with Gasteiger partial charge in [-0.05, 0) is 42.0 Å². The van der Waals surface area contributed by atoms with Crippen LogP contribution in [-0.2, 0) is 20.9 Å². The largest absolute Gasteiger partial charge is 0.493 e. The zero-order valence-electron chi connectivity index (χ0n) is 23.3. The molecule has 1 N–H and O–H groups in total. The molecular formula is C30H24N4O8S2. The van der Waals surface area contributed by atoms with Crippen LogP contribution >= 0.6 is 23.1 Å². The summed E-state index contributed by atoms with van der Waals surface area (Å²) in [5.41, 5.74) is 1.21. The van der Waals surface area contributed by atoms with Gasteiger partial charge >= 0.3 is 4.87 Å². The number of nitrogens with zero attached hydrogens (tertiary/aromatic N) is 3. The number of methoxy groups -OCH3 is 2. The summed E-state index contributed by atoms with van der Waals surface area (Å²) in [5, 5.41) is 13.5. The van der Waals surface area contributed by atoms with E-state index in [1.807, 2.05) is 6.07 Å². The minimum absolute atomic E-state index is 0.178. The molecule has 44 heavy (non-hydrogen) atoms. The van der Waals surface area contributed by atoms with Crippen LogP contribution in [0.25, 0.3) is 0 Å². The molecule has 1 saturated heterocycles. The Morgan fingerprint density at radius 1 is 0.955 bits per heavy atom. The van der Waals surface area contributed by atoms with E-state index >= 15 is 0 Å². The number of thiazole rings is 1. The Morgan fingerprint density at radius 2 is 1.66 bits per heavy atom. The molecule has 6 rings (SSSR count). The van der Waals surface area contributed by atoms with Crippen LogP contribution in [-0.4, -0.2) is 46.7 Å². The van der Waals surface area contributed by atoms with Gasteiger partial charge in [0.25, 0.3) is 5.69 Å². The number of carbonyl (C=O) groups excluding carboxylic acids is 3. The highest BCUT2D eigenvalue weighted by atomic mass is 32.2. The number of para-hydroxylation sites is 1. The number of non-ortho nitro benzene ring substituents is 1. The van der Waals surface area contributed by atoms with Gasteiger partial charge in [0.1, 0.15) is 11.8 Å². The van der Waals surface area contributed by atoms with Crippen molar-refractivity contribution in [3.8, 4) is 11.5 Å². The summed E-state index contributed by atoms with van der Waals surface area (Å²) in [4.78, 5) is 66.1. The fraction of sp³-hybridized carbons (Fsp3) is 0.200. The van der Waals surface area contributed by atoms with E-state index in [0.29, 0.717) is 32.7 Å². The van der Waals surface area contributed by atoms with E-state index in [0.717, 1.165) is 28.0 Å². The Bertz CT molecular complexity index is 1850. The zero-order chi connectivity index (χ0) is 31.1. The van der Waals surface area contributed by atoms with E-state index in [2.05, 4.69) is 5.32 Å². The Morgan fingerprint density at radius 3 is 2.32 bits per heavy atom. The van der Waals surface area contributed by atoms with Gasteiger partial charge in [-0.2, -0.15) is 0 Å². The molecule has 2 aliphatic rings. The Labute approximate surface area is 258 Å². The lowest BCUT2D eigenvalue weighted by atomic mass is 9.83. The smallest absolute Gasteiger partial charge is 0.308 e. The van der Waals surface area contributed by atoms with Crippen LogP contribution in [0, 0.1) is 16.0 Å². The molecule has 1 aromatic heterocycles. The van der Waals surface area contributed by atoms with Crippen molar-refractivity contribution >= 4 is 57.9 Å². The predicted molar refractivity (Wildman–Crippen MR) is 164 cm³/mol. The number of rotatable bonds is 8. The predicted octanol–water partition coefficient (Wildman–Crippen LogP) is 4.27. The normalized spacial score (nSPS) is 18.9. The molecule has 0 radical (unpaired) electrons. The lowest BCUT2D eigenvalue weighted by Crippen LogP contribution is -2.33. The summed E-state index contributed by atoms with van der Waals surface area (Å²) in [6.45, 7) is -0.295. The van der Waals surface area contributed by atoms with Crippen LogP contribution in [0.2, 0.25) is 0 Å². The molecular weight excluding hydrogens is 608 g/mol. The van der Waals surface area contributed by atoms with Crippen LogP contribution in [0.15, 0.2) is 82.6 Å². The number of aromatic nitrogens is 1. The van der Waals surface area contributed by atoms with Crippen LogP contribution in [0.5, 0.6) is 11.5 Å². The third-order valence-corrected chi connectivity index (χ3v) is 10.1. The van der Waals surface area contributed by atoms with Crippen molar-refractivity contribution < 1.29 is 28.8 Å². The fourth-order valence-electron chi connectivity index (χ4n) is 5.50. The van der Waals surface area contributed by atoms with Crippen molar-refractivity contribution in [2.45, 2.75) is 22.7 Å². The molecule has 0 aliphatic carbocycles. The van der Waals surface area contributed by atoms with Crippen molar-refractivity contribution in [2.75, 3.05) is 24.4 Å². The average Bonchev–Trinajstić information content (AvgIpc) is 3.47. The first-order valence-corrected chi connectivity index (χ1v) is 15.0. The molecule has 2 aliphatic heterocycles. The zero-order valence-corrected chi connectivity index (χ0v) is 24.9. The quantitative estimate of drug-likeness (QED) is 0.171. The van der Waals surface area contributed by atoms with E-state index in [1.165, 1.54) is 43.1 Å². The second-order valence-electron chi connectivity index (χ2n) is 9.98. The lowest BCUT2D eigenvalue weighted by molar-refractivity contribution is -0.384. The highest BCUT2D eigenvalue weighted by Crippen LogP contribution is 2.54. The molecule has 3 atom stereocenters. The molecule has 0 bridgehead atoms. The van der Waals surface area contributed by atoms with Gasteiger partial charge in [0.2, 0.25) is 17.7 Å². The summed E-state index contributed by atoms with van der Waals surface area (Å²) in [6, 6.07) is 19.2. The van der Waals surface area contributed by atoms with Crippen molar-refractivity contribution in [3.05, 3.63) is 103 Å². The first kappa shape index (κ1) is 29.1. The number of nitro benzene ring substituents is 1. The third-order valence-electron chi connectivity index (χ3n) is 7.49. The molecule has 12 nitrogen and oxygen atoms in total. The first-order valence-electron chi connectivity index (χ1n) is 13.3. The average molecular weight is 633 g/mol. The van der Waals surface area contributed by atoms with Crippen molar-refractivity contribution in [1.29, 1.82) is 0 Å². The molecule has 0 saturated carbocycles. The number of imide groups is 1. The molecule has 3 heterocycles. The second-order valence-corrected chi connectivity index (χ2v) is 12.1. The van der Waals surface area contributed by atoms with Gasteiger partial charge in [-0.15, -0.1) is 0 Å². The van der Waals surface area contributed by atoms with E-state index in [-0.39, 0.29) is 17.9 Å². The monoisotopic (exact) mass is 632 g/mol. The van der Waals surface area contributed by atoms with Crippen molar-refractivity contribution in [3.63, 3.8) is 0 Å². The Balaban J connectivity index is 1.44. The van der Waals surface area contributed by atoms with Gasteiger partial charge in [0, 0.05) is 28.6 Å². The summed E-state index contributed by atoms with van der Waals surface area (Å²) in [5.74, 6) is -2.22. The Kier molecular flexibility index (Phi) is 7.69.